The summed E-state index contributed by atoms with van der Waals surface area (Å²) in [4.78, 5) is 2.46. The molecule has 2 bridgehead atoms. The molecule has 0 spiro atoms. The van der Waals surface area contributed by atoms with Crippen LogP contribution < -0.4 is 9.47 Å². The van der Waals surface area contributed by atoms with Crippen LogP contribution in [-0.2, 0) is 23.2 Å². The molecule has 4 atom stereocenters. The van der Waals surface area contributed by atoms with E-state index < -0.39 is 6.10 Å². The van der Waals surface area contributed by atoms with E-state index in [0.717, 1.165) is 36.4 Å². The second kappa shape index (κ2) is 7.88. The molecule has 0 aromatic heterocycles. The Labute approximate surface area is 184 Å². The Morgan fingerprint density at radius 3 is 2.65 bits per heavy atom. The number of ether oxygens (including phenoxy) is 3. The first-order chi connectivity index (χ1) is 15.1. The number of rotatable bonds is 5. The largest absolute Gasteiger partial charge is 0.499 e. The van der Waals surface area contributed by atoms with Gasteiger partial charge in [-0.3, -0.25) is 0 Å². The summed E-state index contributed by atoms with van der Waals surface area (Å²) in [7, 11) is 5.56. The highest BCUT2D eigenvalue weighted by molar-refractivity contribution is 5.58. The molecule has 1 heterocycles. The molecule has 5 rings (SSSR count). The highest BCUT2D eigenvalue weighted by Crippen LogP contribution is 2.58. The summed E-state index contributed by atoms with van der Waals surface area (Å²) in [6.07, 6.45) is 4.14. The lowest BCUT2D eigenvalue weighted by molar-refractivity contribution is -0.00422. The number of benzene rings is 2. The van der Waals surface area contributed by atoms with Gasteiger partial charge in [0.15, 0.2) is 11.5 Å². The summed E-state index contributed by atoms with van der Waals surface area (Å²) in [5.41, 5.74) is 3.46. The summed E-state index contributed by atoms with van der Waals surface area (Å²) >= 11 is 0. The molecule has 1 unspecified atom stereocenters. The first kappa shape index (κ1) is 20.4. The summed E-state index contributed by atoms with van der Waals surface area (Å²) in [5, 5.41) is 11.0. The van der Waals surface area contributed by atoms with Crippen LogP contribution in [0.2, 0.25) is 0 Å². The van der Waals surface area contributed by atoms with Gasteiger partial charge in [-0.15, -0.1) is 0 Å². The van der Waals surface area contributed by atoms with E-state index in [1.165, 1.54) is 11.1 Å². The number of aliphatic hydroxyl groups is 1. The molecule has 1 N–H and O–H groups in total. The van der Waals surface area contributed by atoms with Crippen LogP contribution in [0.3, 0.4) is 0 Å². The van der Waals surface area contributed by atoms with Crippen LogP contribution in [0.25, 0.3) is 0 Å². The van der Waals surface area contributed by atoms with Gasteiger partial charge in [-0.1, -0.05) is 36.4 Å². The van der Waals surface area contributed by atoms with Crippen LogP contribution >= 0.6 is 0 Å². The van der Waals surface area contributed by atoms with Gasteiger partial charge in [0, 0.05) is 22.9 Å². The molecule has 5 heteroatoms. The number of nitrogens with zero attached hydrogens (tertiary/aromatic N) is 1. The Morgan fingerprint density at radius 1 is 1.10 bits per heavy atom. The molecule has 0 amide bonds. The van der Waals surface area contributed by atoms with Gasteiger partial charge in [0.1, 0.15) is 18.5 Å². The maximum Gasteiger partial charge on any atom is 0.165 e. The molecule has 5 nitrogen and oxygen atoms in total. The Balaban J connectivity index is 1.65. The molecule has 2 aromatic carbocycles. The number of methoxy groups -OCH3 is 2. The molecule has 2 aromatic rings. The Kier molecular flexibility index (Phi) is 5.19. The number of fused-ring (bicyclic) bond motifs is 1. The third-order valence-electron chi connectivity index (χ3n) is 7.58. The van der Waals surface area contributed by atoms with Gasteiger partial charge in [0.05, 0.1) is 14.2 Å². The van der Waals surface area contributed by atoms with Crippen LogP contribution in [0.4, 0.5) is 0 Å². The topological polar surface area (TPSA) is 51.2 Å². The van der Waals surface area contributed by atoms with E-state index in [0.29, 0.717) is 24.8 Å². The number of aliphatic hydroxyl groups excluding tert-OH is 1. The highest BCUT2D eigenvalue weighted by atomic mass is 16.5. The van der Waals surface area contributed by atoms with E-state index in [1.54, 1.807) is 14.2 Å². The maximum absolute atomic E-state index is 11.0. The number of hydrogen-bond donors (Lipinski definition) is 1. The van der Waals surface area contributed by atoms with Crippen molar-refractivity contribution in [3.63, 3.8) is 0 Å². The molecular formula is C26H31NO4. The fraction of sp³-hybridized carbons (Fsp3) is 0.462. The van der Waals surface area contributed by atoms with Crippen molar-refractivity contribution in [1.82, 2.24) is 4.90 Å². The van der Waals surface area contributed by atoms with E-state index in [9.17, 15) is 5.11 Å². The summed E-state index contributed by atoms with van der Waals surface area (Å²) in [5.74, 6) is 2.55. The van der Waals surface area contributed by atoms with Gasteiger partial charge in [0.25, 0.3) is 0 Å². The van der Waals surface area contributed by atoms with Crippen LogP contribution in [0.1, 0.15) is 29.5 Å². The van der Waals surface area contributed by atoms with E-state index in [-0.39, 0.29) is 11.3 Å². The molecule has 31 heavy (non-hydrogen) atoms. The zero-order valence-corrected chi connectivity index (χ0v) is 18.5. The summed E-state index contributed by atoms with van der Waals surface area (Å²) in [6.45, 7) is 1.48. The standard InChI is InChI=1S/C26H31NO4/c1-27-12-11-26-15-21(28)23(30-3)14-19(26)20(27)13-18-9-10-22(29-2)25(24(18)26)31-16-17-7-5-4-6-8-17/h4-10,14,19-21,28H,11-13,15-16H2,1-3H3/t19-,20-,21?,26+/m0/s1. The van der Waals surface area contributed by atoms with E-state index >= 15 is 0 Å². The fourth-order valence-corrected chi connectivity index (χ4v) is 6.05. The lowest BCUT2D eigenvalue weighted by Crippen LogP contribution is -2.60. The van der Waals surface area contributed by atoms with E-state index in [2.05, 4.69) is 36.2 Å². The monoisotopic (exact) mass is 421 g/mol. The minimum atomic E-state index is -0.607. The Bertz CT molecular complexity index is 988. The van der Waals surface area contributed by atoms with Crippen molar-refractivity contribution >= 4 is 0 Å². The van der Waals surface area contributed by atoms with Crippen molar-refractivity contribution in [3.05, 3.63) is 71.0 Å². The second-order valence-corrected chi connectivity index (χ2v) is 9.08. The van der Waals surface area contributed by atoms with Crippen molar-refractivity contribution in [2.45, 2.75) is 43.4 Å². The number of piperidine rings is 1. The Hall–Kier alpha value is -2.50. The lowest BCUT2D eigenvalue weighted by Gasteiger charge is -2.57. The molecule has 164 valence electrons. The first-order valence-corrected chi connectivity index (χ1v) is 11.1. The fourth-order valence-electron chi connectivity index (χ4n) is 6.05. The quantitative estimate of drug-likeness (QED) is 0.798. The zero-order valence-electron chi connectivity index (χ0n) is 18.5. The smallest absolute Gasteiger partial charge is 0.165 e. The second-order valence-electron chi connectivity index (χ2n) is 9.08. The van der Waals surface area contributed by atoms with Crippen LogP contribution in [0.5, 0.6) is 11.5 Å². The number of likely N-dealkylation sites (N-methyl/N-ethyl adjacent to an activating group) is 1. The average molecular weight is 422 g/mol. The van der Waals surface area contributed by atoms with Crippen LogP contribution in [0, 0.1) is 5.92 Å². The third-order valence-corrected chi connectivity index (χ3v) is 7.58. The number of hydrogen-bond acceptors (Lipinski definition) is 5. The van der Waals surface area contributed by atoms with Crippen molar-refractivity contribution < 1.29 is 19.3 Å². The maximum atomic E-state index is 11.0. The minimum Gasteiger partial charge on any atom is -0.499 e. The van der Waals surface area contributed by atoms with E-state index in [4.69, 9.17) is 14.2 Å². The Morgan fingerprint density at radius 2 is 1.90 bits per heavy atom. The predicted molar refractivity (Wildman–Crippen MR) is 119 cm³/mol. The normalized spacial score (nSPS) is 29.4. The third kappa shape index (κ3) is 3.22. The SMILES string of the molecule is COC1=C[C@H]2[C@@H]3Cc4ccc(OC)c(OCc5ccccc5)c4[C@]2(CCN3C)CC1O. The van der Waals surface area contributed by atoms with Crippen molar-refractivity contribution in [3.8, 4) is 11.5 Å². The van der Waals surface area contributed by atoms with Gasteiger partial charge in [0.2, 0.25) is 0 Å². The average Bonchev–Trinajstić information content (AvgIpc) is 2.79. The molecule has 0 radical (unpaired) electrons. The molecule has 2 aliphatic carbocycles. The first-order valence-electron chi connectivity index (χ1n) is 11.1. The molecular weight excluding hydrogens is 390 g/mol. The highest BCUT2D eigenvalue weighted by Gasteiger charge is 2.56. The van der Waals surface area contributed by atoms with Crippen molar-refractivity contribution in [2.24, 2.45) is 5.92 Å². The van der Waals surface area contributed by atoms with Crippen molar-refractivity contribution in [2.75, 3.05) is 27.8 Å². The summed E-state index contributed by atoms with van der Waals surface area (Å²) in [6, 6.07) is 14.8. The van der Waals surface area contributed by atoms with E-state index in [1.807, 2.05) is 24.3 Å². The minimum absolute atomic E-state index is 0.188. The van der Waals surface area contributed by atoms with Crippen LogP contribution in [0.15, 0.2) is 54.3 Å². The lowest BCUT2D eigenvalue weighted by atomic mass is 9.53. The predicted octanol–water partition coefficient (Wildman–Crippen LogP) is 3.68. The molecule has 1 fully saturated rings. The van der Waals surface area contributed by atoms with Gasteiger partial charge in [-0.25, -0.2) is 0 Å². The molecule has 0 saturated carbocycles. The van der Waals surface area contributed by atoms with Gasteiger partial charge < -0.3 is 24.2 Å². The van der Waals surface area contributed by atoms with Gasteiger partial charge >= 0.3 is 0 Å². The molecule has 1 saturated heterocycles. The summed E-state index contributed by atoms with van der Waals surface area (Å²) < 4.78 is 17.8. The molecule has 3 aliphatic rings. The van der Waals surface area contributed by atoms with Crippen LogP contribution in [-0.4, -0.2) is 50.0 Å². The zero-order chi connectivity index (χ0) is 21.6. The number of likely N-dealkylation sites (tertiary alicyclic amines) is 1. The molecule has 1 aliphatic heterocycles. The van der Waals surface area contributed by atoms with Gasteiger partial charge in [-0.05, 0) is 56.1 Å². The van der Waals surface area contributed by atoms with Crippen molar-refractivity contribution in [1.29, 1.82) is 0 Å². The van der Waals surface area contributed by atoms with Gasteiger partial charge in [-0.2, -0.15) is 0 Å².